The molecule has 0 amide bonds. The molecule has 2 fully saturated rings. The zero-order valence-electron chi connectivity index (χ0n) is 12.3. The van der Waals surface area contributed by atoms with Gasteiger partial charge in [-0.1, -0.05) is 12.1 Å². The largest absolute Gasteiger partial charge is 0.454 e. The van der Waals surface area contributed by atoms with Crippen LogP contribution in [0.3, 0.4) is 0 Å². The number of para-hydroxylation sites is 1. The Morgan fingerprint density at radius 3 is 2.67 bits per heavy atom. The number of nitrogens with one attached hydrogen (secondary N) is 1. The SMILES string of the molecule is OCC(C1CC1)C(NCc1cccc2c1OCO2)C1CC1. The summed E-state index contributed by atoms with van der Waals surface area (Å²) in [6.07, 6.45) is 5.17. The molecule has 2 atom stereocenters. The first-order valence-corrected chi connectivity index (χ1v) is 8.08. The van der Waals surface area contributed by atoms with E-state index in [4.69, 9.17) is 9.47 Å². The smallest absolute Gasteiger partial charge is 0.231 e. The molecule has 1 heterocycles. The first-order valence-electron chi connectivity index (χ1n) is 8.08. The summed E-state index contributed by atoms with van der Waals surface area (Å²) in [6.45, 7) is 1.42. The summed E-state index contributed by atoms with van der Waals surface area (Å²) in [5, 5.41) is 13.5. The van der Waals surface area contributed by atoms with E-state index in [2.05, 4.69) is 11.4 Å². The monoisotopic (exact) mass is 289 g/mol. The minimum Gasteiger partial charge on any atom is -0.454 e. The van der Waals surface area contributed by atoms with Crippen molar-refractivity contribution in [2.75, 3.05) is 13.4 Å². The molecule has 114 valence electrons. The quantitative estimate of drug-likeness (QED) is 0.809. The maximum Gasteiger partial charge on any atom is 0.231 e. The lowest BCUT2D eigenvalue weighted by Crippen LogP contribution is -2.40. The van der Waals surface area contributed by atoms with Crippen LogP contribution >= 0.6 is 0 Å². The van der Waals surface area contributed by atoms with Gasteiger partial charge in [-0.05, 0) is 43.6 Å². The standard InChI is InChI=1S/C17H23NO3/c19-9-14(11-4-5-11)16(12-6-7-12)18-8-13-2-1-3-15-17(13)21-10-20-15/h1-3,11-12,14,16,18-19H,4-10H2. The minimum absolute atomic E-state index is 0.311. The van der Waals surface area contributed by atoms with E-state index in [9.17, 15) is 5.11 Å². The molecule has 0 spiro atoms. The summed E-state index contributed by atoms with van der Waals surface area (Å²) in [5.41, 5.74) is 1.16. The lowest BCUT2D eigenvalue weighted by molar-refractivity contribution is 0.159. The van der Waals surface area contributed by atoms with Crippen molar-refractivity contribution in [1.82, 2.24) is 5.32 Å². The van der Waals surface area contributed by atoms with Crippen molar-refractivity contribution in [3.8, 4) is 11.5 Å². The zero-order valence-corrected chi connectivity index (χ0v) is 12.3. The van der Waals surface area contributed by atoms with Gasteiger partial charge in [-0.15, -0.1) is 0 Å². The highest BCUT2D eigenvalue weighted by molar-refractivity contribution is 5.48. The van der Waals surface area contributed by atoms with Crippen LogP contribution in [-0.2, 0) is 6.54 Å². The molecule has 1 aromatic rings. The number of aliphatic hydroxyl groups excluding tert-OH is 1. The third-order valence-corrected chi connectivity index (χ3v) is 5.04. The number of aliphatic hydroxyl groups is 1. The molecule has 4 rings (SSSR count). The van der Waals surface area contributed by atoms with Crippen LogP contribution in [-0.4, -0.2) is 24.5 Å². The molecule has 21 heavy (non-hydrogen) atoms. The third-order valence-electron chi connectivity index (χ3n) is 5.04. The van der Waals surface area contributed by atoms with Gasteiger partial charge in [-0.2, -0.15) is 0 Å². The molecular weight excluding hydrogens is 266 g/mol. The van der Waals surface area contributed by atoms with Crippen molar-refractivity contribution < 1.29 is 14.6 Å². The Kier molecular flexibility index (Phi) is 3.51. The second kappa shape index (κ2) is 5.50. The van der Waals surface area contributed by atoms with Gasteiger partial charge in [0.2, 0.25) is 6.79 Å². The molecule has 2 aliphatic carbocycles. The van der Waals surface area contributed by atoms with Crippen LogP contribution in [0.4, 0.5) is 0 Å². The molecular formula is C17H23NO3. The molecule has 0 bridgehead atoms. The Bertz CT molecular complexity index is 511. The van der Waals surface area contributed by atoms with Crippen molar-refractivity contribution in [2.45, 2.75) is 38.3 Å². The fourth-order valence-electron chi connectivity index (χ4n) is 3.56. The molecule has 1 aliphatic heterocycles. The molecule has 0 aromatic heterocycles. The molecule has 4 heteroatoms. The Labute approximate surface area is 125 Å². The van der Waals surface area contributed by atoms with Gasteiger partial charge in [0.05, 0.1) is 0 Å². The van der Waals surface area contributed by atoms with E-state index in [1.807, 2.05) is 12.1 Å². The molecule has 2 N–H and O–H groups in total. The van der Waals surface area contributed by atoms with E-state index < -0.39 is 0 Å². The van der Waals surface area contributed by atoms with E-state index in [-0.39, 0.29) is 0 Å². The maximum absolute atomic E-state index is 9.75. The Morgan fingerprint density at radius 1 is 1.14 bits per heavy atom. The second-order valence-electron chi connectivity index (χ2n) is 6.58. The van der Waals surface area contributed by atoms with Gasteiger partial charge < -0.3 is 19.9 Å². The predicted molar refractivity (Wildman–Crippen MR) is 79.2 cm³/mol. The fourth-order valence-corrected chi connectivity index (χ4v) is 3.56. The van der Waals surface area contributed by atoms with Crippen molar-refractivity contribution >= 4 is 0 Å². The highest BCUT2D eigenvalue weighted by Gasteiger charge is 2.42. The van der Waals surface area contributed by atoms with Gasteiger partial charge >= 0.3 is 0 Å². The molecule has 4 nitrogen and oxygen atoms in total. The van der Waals surface area contributed by atoms with Crippen molar-refractivity contribution in [3.63, 3.8) is 0 Å². The highest BCUT2D eigenvalue weighted by atomic mass is 16.7. The molecule has 0 radical (unpaired) electrons. The fraction of sp³-hybridized carbons (Fsp3) is 0.647. The van der Waals surface area contributed by atoms with E-state index in [0.29, 0.717) is 25.4 Å². The molecule has 3 aliphatic rings. The number of hydrogen-bond donors (Lipinski definition) is 2. The number of fused-ring (bicyclic) bond motifs is 1. The number of hydrogen-bond acceptors (Lipinski definition) is 4. The van der Waals surface area contributed by atoms with E-state index in [0.717, 1.165) is 35.4 Å². The number of rotatable bonds is 7. The Balaban J connectivity index is 1.45. The van der Waals surface area contributed by atoms with Crippen LogP contribution in [0.1, 0.15) is 31.2 Å². The van der Waals surface area contributed by atoms with E-state index >= 15 is 0 Å². The maximum atomic E-state index is 9.75. The Hall–Kier alpha value is -1.26. The van der Waals surface area contributed by atoms with Crippen LogP contribution in [0.25, 0.3) is 0 Å². The summed E-state index contributed by atoms with van der Waals surface area (Å²) in [7, 11) is 0. The number of ether oxygens (including phenoxy) is 2. The van der Waals surface area contributed by atoms with Gasteiger partial charge in [0, 0.05) is 30.7 Å². The van der Waals surface area contributed by atoms with E-state index in [1.54, 1.807) is 0 Å². The first-order chi connectivity index (χ1) is 10.4. The highest BCUT2D eigenvalue weighted by Crippen LogP contribution is 2.45. The average molecular weight is 289 g/mol. The second-order valence-corrected chi connectivity index (χ2v) is 6.58. The van der Waals surface area contributed by atoms with Gasteiger partial charge in [0.15, 0.2) is 11.5 Å². The summed E-state index contributed by atoms with van der Waals surface area (Å²) in [4.78, 5) is 0. The topological polar surface area (TPSA) is 50.7 Å². The zero-order chi connectivity index (χ0) is 14.2. The average Bonchev–Trinajstić information content (AvgIpc) is 3.41. The van der Waals surface area contributed by atoms with Crippen molar-refractivity contribution in [1.29, 1.82) is 0 Å². The summed E-state index contributed by atoms with van der Waals surface area (Å²) >= 11 is 0. The van der Waals surface area contributed by atoms with Crippen molar-refractivity contribution in [2.24, 2.45) is 17.8 Å². The van der Waals surface area contributed by atoms with Crippen LogP contribution in [0.5, 0.6) is 11.5 Å². The Morgan fingerprint density at radius 2 is 1.95 bits per heavy atom. The van der Waals surface area contributed by atoms with E-state index in [1.165, 1.54) is 25.7 Å². The lowest BCUT2D eigenvalue weighted by Gasteiger charge is -2.27. The molecule has 1 aromatic carbocycles. The third kappa shape index (κ3) is 2.74. The summed E-state index contributed by atoms with van der Waals surface area (Å²) in [6, 6.07) is 6.50. The van der Waals surface area contributed by atoms with Crippen LogP contribution in [0.2, 0.25) is 0 Å². The van der Waals surface area contributed by atoms with Gasteiger partial charge in [-0.3, -0.25) is 0 Å². The number of benzene rings is 1. The van der Waals surface area contributed by atoms with Crippen molar-refractivity contribution in [3.05, 3.63) is 23.8 Å². The van der Waals surface area contributed by atoms with Gasteiger partial charge in [0.1, 0.15) is 0 Å². The molecule has 0 saturated heterocycles. The predicted octanol–water partition coefficient (Wildman–Crippen LogP) is 2.30. The lowest BCUT2D eigenvalue weighted by atomic mass is 9.91. The molecule has 2 unspecified atom stereocenters. The summed E-state index contributed by atoms with van der Waals surface area (Å²) < 4.78 is 11.0. The molecule has 2 saturated carbocycles. The first kappa shape index (κ1) is 13.4. The van der Waals surface area contributed by atoms with Crippen LogP contribution < -0.4 is 14.8 Å². The van der Waals surface area contributed by atoms with Gasteiger partial charge in [-0.25, -0.2) is 0 Å². The minimum atomic E-state index is 0.311. The summed E-state index contributed by atoms with van der Waals surface area (Å²) in [5.74, 6) is 3.63. The van der Waals surface area contributed by atoms with Gasteiger partial charge in [0.25, 0.3) is 0 Å². The van der Waals surface area contributed by atoms with Crippen LogP contribution in [0.15, 0.2) is 18.2 Å². The van der Waals surface area contributed by atoms with Crippen LogP contribution in [0, 0.1) is 17.8 Å². The normalized spacial score (nSPS) is 23.1.